The third kappa shape index (κ3) is 3.70. The summed E-state index contributed by atoms with van der Waals surface area (Å²) in [6.45, 7) is 1.97. The van der Waals surface area contributed by atoms with E-state index in [-0.39, 0.29) is 5.54 Å². The first-order chi connectivity index (χ1) is 15.1. The van der Waals surface area contributed by atoms with E-state index in [0.717, 1.165) is 48.4 Å². The molecule has 9 heteroatoms. The van der Waals surface area contributed by atoms with E-state index in [2.05, 4.69) is 32.2 Å². The molecule has 1 fully saturated rings. The number of fused-ring (bicyclic) bond motifs is 1. The van der Waals surface area contributed by atoms with Gasteiger partial charge in [-0.05, 0) is 31.3 Å². The Bertz CT molecular complexity index is 1100. The number of anilines is 2. The van der Waals surface area contributed by atoms with E-state index in [1.165, 1.54) is 0 Å². The molecule has 1 saturated carbocycles. The molecule has 2 aromatic heterocycles. The van der Waals surface area contributed by atoms with E-state index in [0.29, 0.717) is 48.4 Å². The molecule has 2 aromatic rings. The van der Waals surface area contributed by atoms with Gasteiger partial charge in [-0.2, -0.15) is 4.98 Å². The van der Waals surface area contributed by atoms with Crippen molar-refractivity contribution >= 4 is 28.1 Å². The van der Waals surface area contributed by atoms with Gasteiger partial charge in [-0.3, -0.25) is 4.21 Å². The van der Waals surface area contributed by atoms with Crippen molar-refractivity contribution in [2.24, 2.45) is 5.73 Å². The van der Waals surface area contributed by atoms with Gasteiger partial charge >= 0.3 is 0 Å². The molecule has 3 aliphatic rings. The molecule has 3 N–H and O–H groups in total. The fraction of sp³-hybridized carbons (Fsp3) is 0.455. The molecule has 160 valence electrons. The van der Waals surface area contributed by atoms with E-state index in [9.17, 15) is 4.21 Å². The number of rotatable bonds is 5. The van der Waals surface area contributed by atoms with Crippen LogP contribution < -0.4 is 16.0 Å². The molecular weight excluding hydrogens is 410 g/mol. The van der Waals surface area contributed by atoms with Crippen molar-refractivity contribution in [2.75, 3.05) is 35.6 Å². The van der Waals surface area contributed by atoms with Crippen LogP contribution in [0.5, 0.6) is 0 Å². The fourth-order valence-corrected chi connectivity index (χ4v) is 5.57. The number of nitrogens with one attached hydrogen (secondary N) is 1. The summed E-state index contributed by atoms with van der Waals surface area (Å²) >= 11 is 0. The Hall–Kier alpha value is -2.83. The quantitative estimate of drug-likeness (QED) is 0.680. The number of nitrogens with two attached hydrogens (primary N) is 1. The smallest absolute Gasteiger partial charge is 0.227 e. The number of terminal acetylenes is 1. The maximum Gasteiger partial charge on any atom is 0.227 e. The minimum absolute atomic E-state index is 0.136. The van der Waals surface area contributed by atoms with Crippen LogP contribution in [0.3, 0.4) is 0 Å². The van der Waals surface area contributed by atoms with Gasteiger partial charge in [-0.25, -0.2) is 15.0 Å². The Morgan fingerprint density at radius 2 is 2.06 bits per heavy atom. The molecule has 0 amide bonds. The van der Waals surface area contributed by atoms with Gasteiger partial charge in [0.2, 0.25) is 5.95 Å². The highest BCUT2D eigenvalue weighted by Gasteiger charge is 2.38. The lowest BCUT2D eigenvalue weighted by molar-refractivity contribution is 0.286. The first-order valence-corrected chi connectivity index (χ1v) is 11.9. The van der Waals surface area contributed by atoms with Crippen molar-refractivity contribution in [2.45, 2.75) is 42.5 Å². The highest BCUT2D eigenvalue weighted by atomic mass is 32.2. The number of aryl methyl sites for hydroxylation is 1. The van der Waals surface area contributed by atoms with E-state index in [1.807, 2.05) is 0 Å². The van der Waals surface area contributed by atoms with Gasteiger partial charge in [0, 0.05) is 44.2 Å². The molecule has 8 nitrogen and oxygen atoms in total. The second kappa shape index (κ2) is 8.02. The van der Waals surface area contributed by atoms with E-state index >= 15 is 0 Å². The van der Waals surface area contributed by atoms with Crippen molar-refractivity contribution < 1.29 is 4.21 Å². The summed E-state index contributed by atoms with van der Waals surface area (Å²) in [6, 6.07) is 0. The van der Waals surface area contributed by atoms with Crippen LogP contribution in [0.2, 0.25) is 0 Å². The third-order valence-corrected chi connectivity index (χ3v) is 7.82. The Morgan fingerprint density at radius 1 is 1.26 bits per heavy atom. The van der Waals surface area contributed by atoms with Crippen molar-refractivity contribution in [3.8, 4) is 12.3 Å². The molecule has 0 aromatic carbocycles. The first kappa shape index (κ1) is 20.1. The summed E-state index contributed by atoms with van der Waals surface area (Å²) in [7, 11) is -1.06. The van der Waals surface area contributed by atoms with E-state index in [4.69, 9.17) is 22.1 Å². The number of aromatic nitrogens is 4. The number of hydrogen-bond acceptors (Lipinski definition) is 8. The zero-order valence-electron chi connectivity index (χ0n) is 17.3. The normalized spacial score (nSPS) is 21.6. The van der Waals surface area contributed by atoms with Gasteiger partial charge in [0.05, 0.1) is 27.6 Å². The van der Waals surface area contributed by atoms with Gasteiger partial charge in [0.1, 0.15) is 10.7 Å². The molecular formula is C22H25N7OS. The zero-order chi connectivity index (χ0) is 21.4. The molecule has 0 spiro atoms. The summed E-state index contributed by atoms with van der Waals surface area (Å²) in [5.74, 6) is 5.22. The Morgan fingerprint density at radius 3 is 2.68 bits per heavy atom. The Kier molecular flexibility index (Phi) is 5.20. The van der Waals surface area contributed by atoms with Gasteiger partial charge in [0.15, 0.2) is 5.82 Å². The van der Waals surface area contributed by atoms with Gasteiger partial charge < -0.3 is 16.0 Å². The van der Waals surface area contributed by atoms with Gasteiger partial charge in [0.25, 0.3) is 0 Å². The molecule has 4 heterocycles. The highest BCUT2D eigenvalue weighted by Crippen LogP contribution is 2.38. The average Bonchev–Trinajstić information content (AvgIpc) is 3.17. The lowest BCUT2D eigenvalue weighted by atomic mass is 9.77. The standard InChI is InChI=1S/C22H25N7OS/c1-2-15-12-24-19(25-13-15)16-4-9-29(10-5-16)21-26-17-6-11-31(30)18(17)20(27-21)28-22(14-23)7-3-8-22/h1,4,12-13H,3,5-11,14,23H2,(H,26,27,28). The van der Waals surface area contributed by atoms with Crippen LogP contribution in [0, 0.1) is 12.3 Å². The molecule has 2 aliphatic heterocycles. The largest absolute Gasteiger partial charge is 0.362 e. The molecule has 5 rings (SSSR count). The molecule has 1 unspecified atom stereocenters. The minimum Gasteiger partial charge on any atom is -0.362 e. The zero-order valence-corrected chi connectivity index (χ0v) is 18.1. The summed E-state index contributed by atoms with van der Waals surface area (Å²) in [6.07, 6.45) is 15.5. The van der Waals surface area contributed by atoms with Crippen LogP contribution in [-0.4, -0.2) is 55.1 Å². The topological polar surface area (TPSA) is 110 Å². The van der Waals surface area contributed by atoms with Gasteiger partial charge in [-0.15, -0.1) is 6.42 Å². The molecule has 0 bridgehead atoms. The van der Waals surface area contributed by atoms with Crippen molar-refractivity contribution in [1.82, 2.24) is 19.9 Å². The summed E-state index contributed by atoms with van der Waals surface area (Å²) in [4.78, 5) is 21.3. The summed E-state index contributed by atoms with van der Waals surface area (Å²) < 4.78 is 12.6. The monoisotopic (exact) mass is 435 g/mol. The highest BCUT2D eigenvalue weighted by molar-refractivity contribution is 7.85. The maximum atomic E-state index is 12.6. The van der Waals surface area contributed by atoms with Crippen LogP contribution in [0.25, 0.3) is 5.57 Å². The van der Waals surface area contributed by atoms with Crippen LogP contribution in [0.4, 0.5) is 11.8 Å². The van der Waals surface area contributed by atoms with Crippen LogP contribution in [0.15, 0.2) is 23.4 Å². The molecule has 1 atom stereocenters. The van der Waals surface area contributed by atoms with Crippen LogP contribution in [-0.2, 0) is 17.2 Å². The Labute approximate surface area is 184 Å². The first-order valence-electron chi connectivity index (χ1n) is 10.6. The van der Waals surface area contributed by atoms with E-state index in [1.54, 1.807) is 12.4 Å². The summed E-state index contributed by atoms with van der Waals surface area (Å²) in [5, 5.41) is 3.55. The van der Waals surface area contributed by atoms with Crippen LogP contribution >= 0.6 is 0 Å². The predicted molar refractivity (Wildman–Crippen MR) is 121 cm³/mol. The lowest BCUT2D eigenvalue weighted by Gasteiger charge is -2.42. The predicted octanol–water partition coefficient (Wildman–Crippen LogP) is 1.50. The van der Waals surface area contributed by atoms with Gasteiger partial charge in [-0.1, -0.05) is 12.0 Å². The summed E-state index contributed by atoms with van der Waals surface area (Å²) in [5.41, 5.74) is 8.56. The van der Waals surface area contributed by atoms with Crippen molar-refractivity contribution in [1.29, 1.82) is 0 Å². The van der Waals surface area contributed by atoms with Crippen LogP contribution in [0.1, 0.15) is 42.8 Å². The number of hydrogen-bond donors (Lipinski definition) is 2. The molecule has 1 aliphatic carbocycles. The fourth-order valence-electron chi connectivity index (χ4n) is 4.27. The van der Waals surface area contributed by atoms with E-state index < -0.39 is 10.8 Å². The molecule has 0 saturated heterocycles. The molecule has 0 radical (unpaired) electrons. The average molecular weight is 436 g/mol. The van der Waals surface area contributed by atoms with Crippen molar-refractivity contribution in [3.63, 3.8) is 0 Å². The lowest BCUT2D eigenvalue weighted by Crippen LogP contribution is -2.51. The second-order valence-corrected chi connectivity index (χ2v) is 9.78. The number of nitrogens with zero attached hydrogens (tertiary/aromatic N) is 5. The Balaban J connectivity index is 1.40. The molecule has 31 heavy (non-hydrogen) atoms. The van der Waals surface area contributed by atoms with Crippen molar-refractivity contribution in [3.05, 3.63) is 35.6 Å². The maximum absolute atomic E-state index is 12.6. The second-order valence-electron chi connectivity index (χ2n) is 8.28. The third-order valence-electron chi connectivity index (χ3n) is 6.36. The minimum atomic E-state index is -1.06. The SMILES string of the molecule is C#Cc1cnc(C2=CCN(c3nc4c(c(NC5(CN)CCC5)n3)S(=O)CC4)CC2)nc1.